The maximum Gasteiger partial charge on any atom is 0.0193 e. The van der Waals surface area contributed by atoms with E-state index in [9.17, 15) is 0 Å². The largest absolute Gasteiger partial charge is 0.313 e. The van der Waals surface area contributed by atoms with Gasteiger partial charge in [-0.2, -0.15) is 0 Å². The topological polar surface area (TPSA) is 24.1 Å². The number of nitrogens with one attached hydrogen (secondary N) is 2. The van der Waals surface area contributed by atoms with Crippen LogP contribution in [0.25, 0.3) is 0 Å². The van der Waals surface area contributed by atoms with Gasteiger partial charge in [0, 0.05) is 18.6 Å². The monoisotopic (exact) mass is 236 g/mol. The van der Waals surface area contributed by atoms with E-state index in [1.807, 2.05) is 0 Å². The first-order valence-electron chi connectivity index (χ1n) is 7.51. The SMILES string of the molecule is CC1(C)C2CCC1(C)C(NCC1CCCN1)C2. The molecule has 98 valence electrons. The van der Waals surface area contributed by atoms with Crippen molar-refractivity contribution in [2.24, 2.45) is 16.7 Å². The van der Waals surface area contributed by atoms with Gasteiger partial charge in [0.25, 0.3) is 0 Å². The summed E-state index contributed by atoms with van der Waals surface area (Å²) in [4.78, 5) is 0. The Labute approximate surface area is 106 Å². The fourth-order valence-electron chi connectivity index (χ4n) is 4.73. The highest BCUT2D eigenvalue weighted by Gasteiger charge is 2.60. The second kappa shape index (κ2) is 3.96. The minimum Gasteiger partial charge on any atom is -0.313 e. The second-order valence-electron chi connectivity index (χ2n) is 7.36. The molecule has 1 saturated heterocycles. The summed E-state index contributed by atoms with van der Waals surface area (Å²) in [6, 6.07) is 1.50. The van der Waals surface area contributed by atoms with Gasteiger partial charge in [0.15, 0.2) is 0 Å². The van der Waals surface area contributed by atoms with E-state index in [0.717, 1.165) is 18.0 Å². The van der Waals surface area contributed by atoms with Crippen LogP contribution < -0.4 is 10.6 Å². The predicted molar refractivity (Wildman–Crippen MR) is 72.0 cm³/mol. The van der Waals surface area contributed by atoms with Crippen LogP contribution in [0.1, 0.15) is 52.9 Å². The molecule has 0 aromatic heterocycles. The third-order valence-corrected chi connectivity index (χ3v) is 6.57. The van der Waals surface area contributed by atoms with Crippen molar-refractivity contribution in [3.63, 3.8) is 0 Å². The number of hydrogen-bond donors (Lipinski definition) is 2. The molecule has 3 aliphatic rings. The smallest absolute Gasteiger partial charge is 0.0193 e. The Bertz CT molecular complexity index is 293. The predicted octanol–water partition coefficient (Wildman–Crippen LogP) is 2.54. The summed E-state index contributed by atoms with van der Waals surface area (Å²) in [7, 11) is 0. The summed E-state index contributed by atoms with van der Waals surface area (Å²) in [6.07, 6.45) is 7.03. The minimum atomic E-state index is 0.538. The van der Waals surface area contributed by atoms with E-state index in [0.29, 0.717) is 10.8 Å². The molecule has 2 saturated carbocycles. The van der Waals surface area contributed by atoms with Crippen molar-refractivity contribution >= 4 is 0 Å². The lowest BCUT2D eigenvalue weighted by atomic mass is 9.69. The summed E-state index contributed by atoms with van der Waals surface area (Å²) >= 11 is 0. The van der Waals surface area contributed by atoms with Gasteiger partial charge in [-0.15, -0.1) is 0 Å². The fraction of sp³-hybridized carbons (Fsp3) is 1.00. The highest BCUT2D eigenvalue weighted by atomic mass is 15.0. The normalized spacial score (nSPS) is 47.8. The van der Waals surface area contributed by atoms with Crippen LogP contribution in [0, 0.1) is 16.7 Å². The van der Waals surface area contributed by atoms with E-state index in [2.05, 4.69) is 31.4 Å². The number of rotatable bonds is 3. The Hall–Kier alpha value is -0.0800. The first kappa shape index (κ1) is 12.0. The summed E-state index contributed by atoms with van der Waals surface area (Å²) in [5, 5.41) is 7.48. The van der Waals surface area contributed by atoms with Gasteiger partial charge in [0.05, 0.1) is 0 Å². The molecule has 17 heavy (non-hydrogen) atoms. The van der Waals surface area contributed by atoms with Crippen LogP contribution in [0.15, 0.2) is 0 Å². The molecule has 2 N–H and O–H groups in total. The molecule has 3 fully saturated rings. The fourth-order valence-corrected chi connectivity index (χ4v) is 4.73. The first-order valence-corrected chi connectivity index (χ1v) is 7.51. The third-order valence-electron chi connectivity index (χ3n) is 6.57. The van der Waals surface area contributed by atoms with Gasteiger partial charge in [0.1, 0.15) is 0 Å². The second-order valence-corrected chi connectivity index (χ2v) is 7.36. The molecule has 2 heteroatoms. The Kier molecular flexibility index (Phi) is 2.79. The molecule has 2 nitrogen and oxygen atoms in total. The van der Waals surface area contributed by atoms with Crippen LogP contribution >= 0.6 is 0 Å². The van der Waals surface area contributed by atoms with Crippen molar-refractivity contribution in [1.29, 1.82) is 0 Å². The molecule has 0 aromatic carbocycles. The lowest BCUT2D eigenvalue weighted by Gasteiger charge is -2.40. The van der Waals surface area contributed by atoms with Crippen molar-refractivity contribution in [3.05, 3.63) is 0 Å². The van der Waals surface area contributed by atoms with Gasteiger partial charge < -0.3 is 10.6 Å². The molecule has 0 aromatic rings. The van der Waals surface area contributed by atoms with Gasteiger partial charge in [-0.05, 0) is 55.4 Å². The lowest BCUT2D eigenvalue weighted by molar-refractivity contribution is 0.120. The first-order chi connectivity index (χ1) is 8.04. The van der Waals surface area contributed by atoms with E-state index < -0.39 is 0 Å². The Morgan fingerprint density at radius 1 is 1.24 bits per heavy atom. The zero-order valence-corrected chi connectivity index (χ0v) is 11.7. The minimum absolute atomic E-state index is 0.538. The van der Waals surface area contributed by atoms with E-state index in [1.165, 1.54) is 45.2 Å². The van der Waals surface area contributed by atoms with E-state index in [4.69, 9.17) is 0 Å². The molecule has 0 amide bonds. The van der Waals surface area contributed by atoms with Crippen molar-refractivity contribution in [2.45, 2.75) is 65.0 Å². The molecule has 0 spiro atoms. The molecule has 4 unspecified atom stereocenters. The molecule has 4 atom stereocenters. The standard InChI is InChI=1S/C15H28N2/c1-14(2)11-6-7-15(14,3)13(9-11)17-10-12-5-4-8-16-12/h11-13,16-17H,4-10H2,1-3H3. The zero-order chi connectivity index (χ0) is 12.1. The van der Waals surface area contributed by atoms with Crippen LogP contribution in [-0.2, 0) is 0 Å². The molecular weight excluding hydrogens is 208 g/mol. The lowest BCUT2D eigenvalue weighted by Crippen LogP contribution is -2.48. The van der Waals surface area contributed by atoms with Gasteiger partial charge in [-0.1, -0.05) is 20.8 Å². The summed E-state index contributed by atoms with van der Waals surface area (Å²) in [6.45, 7) is 9.94. The molecule has 0 radical (unpaired) electrons. The molecule has 1 heterocycles. The highest BCUT2D eigenvalue weighted by molar-refractivity contribution is 5.13. The molecular formula is C15H28N2. The Morgan fingerprint density at radius 2 is 2.06 bits per heavy atom. The zero-order valence-electron chi connectivity index (χ0n) is 11.7. The van der Waals surface area contributed by atoms with E-state index >= 15 is 0 Å². The maximum atomic E-state index is 3.89. The van der Waals surface area contributed by atoms with Crippen LogP contribution in [-0.4, -0.2) is 25.2 Å². The highest BCUT2D eigenvalue weighted by Crippen LogP contribution is 2.65. The molecule has 2 bridgehead atoms. The van der Waals surface area contributed by atoms with E-state index in [1.54, 1.807) is 0 Å². The molecule has 3 rings (SSSR count). The van der Waals surface area contributed by atoms with Crippen molar-refractivity contribution < 1.29 is 0 Å². The summed E-state index contributed by atoms with van der Waals surface area (Å²) in [5.74, 6) is 0.960. The van der Waals surface area contributed by atoms with Crippen molar-refractivity contribution in [3.8, 4) is 0 Å². The third kappa shape index (κ3) is 1.67. The maximum absolute atomic E-state index is 3.89. The average molecular weight is 236 g/mol. The van der Waals surface area contributed by atoms with Gasteiger partial charge in [0.2, 0.25) is 0 Å². The van der Waals surface area contributed by atoms with Crippen LogP contribution in [0.4, 0.5) is 0 Å². The Balaban J connectivity index is 1.62. The number of fused-ring (bicyclic) bond motifs is 2. The summed E-state index contributed by atoms with van der Waals surface area (Å²) < 4.78 is 0. The quantitative estimate of drug-likeness (QED) is 0.787. The number of hydrogen-bond acceptors (Lipinski definition) is 2. The van der Waals surface area contributed by atoms with Crippen LogP contribution in [0.3, 0.4) is 0 Å². The average Bonchev–Trinajstić information content (AvgIpc) is 2.91. The summed E-state index contributed by atoms with van der Waals surface area (Å²) in [5.41, 5.74) is 1.09. The molecule has 1 aliphatic heterocycles. The van der Waals surface area contributed by atoms with Gasteiger partial charge in [-0.3, -0.25) is 0 Å². The van der Waals surface area contributed by atoms with Crippen LogP contribution in [0.5, 0.6) is 0 Å². The van der Waals surface area contributed by atoms with E-state index in [-0.39, 0.29) is 0 Å². The van der Waals surface area contributed by atoms with Gasteiger partial charge in [-0.25, -0.2) is 0 Å². The van der Waals surface area contributed by atoms with Crippen LogP contribution in [0.2, 0.25) is 0 Å². The van der Waals surface area contributed by atoms with Crippen molar-refractivity contribution in [1.82, 2.24) is 10.6 Å². The Morgan fingerprint density at radius 3 is 2.59 bits per heavy atom. The van der Waals surface area contributed by atoms with Gasteiger partial charge >= 0.3 is 0 Å². The van der Waals surface area contributed by atoms with Crippen molar-refractivity contribution in [2.75, 3.05) is 13.1 Å². The molecule has 2 aliphatic carbocycles.